The third kappa shape index (κ3) is 5.31. The quantitative estimate of drug-likeness (QED) is 0.732. The first-order chi connectivity index (χ1) is 13.9. The van der Waals surface area contributed by atoms with Crippen LogP contribution in [0.25, 0.3) is 0 Å². The number of sulfonamides is 1. The molecule has 0 unspecified atom stereocenters. The van der Waals surface area contributed by atoms with Crippen molar-refractivity contribution >= 4 is 15.9 Å². The fraction of sp³-hybridized carbons (Fsp3) is 0.350. The molecule has 1 heterocycles. The molecule has 7 nitrogen and oxygen atoms in total. The van der Waals surface area contributed by atoms with Crippen LogP contribution in [0.1, 0.15) is 5.56 Å². The van der Waals surface area contributed by atoms with Gasteiger partial charge >= 0.3 is 0 Å². The number of halogens is 1. The number of carbonyl (C=O) groups excluding carboxylic acids is 1. The molecule has 2 aromatic carbocycles. The number of carbonyl (C=O) groups is 1. The largest absolute Gasteiger partial charge is 0.496 e. The van der Waals surface area contributed by atoms with E-state index < -0.39 is 15.8 Å². The van der Waals surface area contributed by atoms with Gasteiger partial charge in [-0.05, 0) is 30.3 Å². The van der Waals surface area contributed by atoms with Gasteiger partial charge in [0.1, 0.15) is 11.6 Å². The lowest BCUT2D eigenvalue weighted by Crippen LogP contribution is -2.50. The van der Waals surface area contributed by atoms with E-state index in [-0.39, 0.29) is 30.4 Å². The Labute approximate surface area is 170 Å². The summed E-state index contributed by atoms with van der Waals surface area (Å²) in [6.07, 6.45) is 0. The highest BCUT2D eigenvalue weighted by Gasteiger charge is 2.29. The van der Waals surface area contributed by atoms with Crippen LogP contribution < -0.4 is 10.1 Å². The molecule has 0 aromatic heterocycles. The maximum Gasteiger partial charge on any atom is 0.243 e. The van der Waals surface area contributed by atoms with Crippen LogP contribution in [0.5, 0.6) is 5.75 Å². The van der Waals surface area contributed by atoms with Gasteiger partial charge in [-0.15, -0.1) is 0 Å². The van der Waals surface area contributed by atoms with Crippen LogP contribution in [-0.4, -0.2) is 63.4 Å². The Morgan fingerprint density at radius 2 is 1.72 bits per heavy atom. The molecule has 1 amide bonds. The normalized spacial score (nSPS) is 15.8. The average molecular weight is 421 g/mol. The maximum absolute atomic E-state index is 13.0. The average Bonchev–Trinajstić information content (AvgIpc) is 2.73. The molecule has 3 rings (SSSR count). The molecule has 29 heavy (non-hydrogen) atoms. The van der Waals surface area contributed by atoms with Crippen molar-refractivity contribution in [1.82, 2.24) is 14.5 Å². The van der Waals surface area contributed by atoms with Gasteiger partial charge in [-0.25, -0.2) is 12.8 Å². The lowest BCUT2D eigenvalue weighted by molar-refractivity contribution is -0.122. The summed E-state index contributed by atoms with van der Waals surface area (Å²) in [5.74, 6) is 0.103. The Hall–Kier alpha value is -2.49. The zero-order valence-electron chi connectivity index (χ0n) is 16.2. The second-order valence-electron chi connectivity index (χ2n) is 6.72. The number of methoxy groups -OCH3 is 1. The monoisotopic (exact) mass is 421 g/mol. The van der Waals surface area contributed by atoms with Crippen molar-refractivity contribution in [3.8, 4) is 5.75 Å². The van der Waals surface area contributed by atoms with E-state index in [2.05, 4.69) is 5.32 Å². The van der Waals surface area contributed by atoms with Gasteiger partial charge < -0.3 is 10.1 Å². The lowest BCUT2D eigenvalue weighted by atomic mass is 10.2. The summed E-state index contributed by atoms with van der Waals surface area (Å²) < 4.78 is 45.0. The van der Waals surface area contributed by atoms with E-state index in [1.54, 1.807) is 7.11 Å². The number of rotatable bonds is 7. The molecule has 0 radical (unpaired) electrons. The summed E-state index contributed by atoms with van der Waals surface area (Å²) in [5, 5.41) is 2.87. The molecule has 156 valence electrons. The Balaban J connectivity index is 1.49. The van der Waals surface area contributed by atoms with Gasteiger partial charge in [-0.3, -0.25) is 9.69 Å². The van der Waals surface area contributed by atoms with Gasteiger partial charge in [-0.1, -0.05) is 18.2 Å². The molecule has 0 spiro atoms. The molecule has 1 aliphatic rings. The lowest BCUT2D eigenvalue weighted by Gasteiger charge is -2.33. The van der Waals surface area contributed by atoms with Gasteiger partial charge in [0.25, 0.3) is 0 Å². The molecule has 2 aromatic rings. The highest BCUT2D eigenvalue weighted by Crippen LogP contribution is 2.18. The number of amides is 1. The van der Waals surface area contributed by atoms with E-state index in [1.165, 1.54) is 16.4 Å². The number of para-hydroxylation sites is 1. The van der Waals surface area contributed by atoms with E-state index in [9.17, 15) is 17.6 Å². The highest BCUT2D eigenvalue weighted by atomic mass is 32.2. The summed E-state index contributed by atoms with van der Waals surface area (Å²) in [4.78, 5) is 14.2. The first-order valence-corrected chi connectivity index (χ1v) is 10.7. The zero-order valence-corrected chi connectivity index (χ0v) is 17.0. The molecule has 0 saturated carbocycles. The molecule has 0 aliphatic carbocycles. The molecule has 1 fully saturated rings. The summed E-state index contributed by atoms with van der Waals surface area (Å²) in [6, 6.07) is 12.3. The van der Waals surface area contributed by atoms with Crippen molar-refractivity contribution in [1.29, 1.82) is 0 Å². The van der Waals surface area contributed by atoms with E-state index >= 15 is 0 Å². The first kappa shape index (κ1) is 21.2. The second-order valence-corrected chi connectivity index (χ2v) is 8.66. The number of hydrogen-bond donors (Lipinski definition) is 1. The fourth-order valence-corrected chi connectivity index (χ4v) is 4.61. The van der Waals surface area contributed by atoms with Crippen molar-refractivity contribution in [3.05, 3.63) is 59.9 Å². The Bertz CT molecular complexity index is 942. The van der Waals surface area contributed by atoms with Crippen molar-refractivity contribution in [3.63, 3.8) is 0 Å². The summed E-state index contributed by atoms with van der Waals surface area (Å²) in [7, 11) is -2.08. The number of ether oxygens (including phenoxy) is 1. The predicted octanol–water partition coefficient (Wildman–Crippen LogP) is 1.46. The van der Waals surface area contributed by atoms with Gasteiger partial charge in [0, 0.05) is 38.3 Å². The minimum absolute atomic E-state index is 0.0712. The van der Waals surface area contributed by atoms with Gasteiger partial charge in [0.05, 0.1) is 18.6 Å². The molecule has 9 heteroatoms. The minimum Gasteiger partial charge on any atom is -0.496 e. The molecule has 1 N–H and O–H groups in total. The van der Waals surface area contributed by atoms with Crippen molar-refractivity contribution < 1.29 is 22.3 Å². The zero-order chi connectivity index (χ0) is 20.9. The van der Waals surface area contributed by atoms with Crippen molar-refractivity contribution in [2.75, 3.05) is 39.8 Å². The summed E-state index contributed by atoms with van der Waals surface area (Å²) >= 11 is 0. The minimum atomic E-state index is -3.66. The fourth-order valence-electron chi connectivity index (χ4n) is 3.19. The van der Waals surface area contributed by atoms with Crippen molar-refractivity contribution in [2.24, 2.45) is 0 Å². The Morgan fingerprint density at radius 3 is 2.38 bits per heavy atom. The third-order valence-corrected chi connectivity index (χ3v) is 6.73. The Morgan fingerprint density at radius 1 is 1.07 bits per heavy atom. The molecular formula is C20H24FN3O4S. The van der Waals surface area contributed by atoms with Gasteiger partial charge in [0.2, 0.25) is 15.9 Å². The van der Waals surface area contributed by atoms with E-state index in [1.807, 2.05) is 29.2 Å². The third-order valence-electron chi connectivity index (χ3n) is 4.82. The van der Waals surface area contributed by atoms with Crippen LogP contribution in [-0.2, 0) is 21.4 Å². The van der Waals surface area contributed by atoms with Gasteiger partial charge in [-0.2, -0.15) is 4.31 Å². The van der Waals surface area contributed by atoms with Crippen LogP contribution in [0.2, 0.25) is 0 Å². The Kier molecular flexibility index (Phi) is 6.83. The molecular weight excluding hydrogens is 397 g/mol. The molecule has 0 bridgehead atoms. The number of nitrogens with one attached hydrogen (secondary N) is 1. The van der Waals surface area contributed by atoms with Crippen LogP contribution in [0.3, 0.4) is 0 Å². The van der Waals surface area contributed by atoms with Crippen LogP contribution >= 0.6 is 0 Å². The molecule has 1 saturated heterocycles. The predicted molar refractivity (Wildman–Crippen MR) is 106 cm³/mol. The summed E-state index contributed by atoms with van der Waals surface area (Å²) in [6.45, 7) is 2.01. The molecule has 1 aliphatic heterocycles. The van der Waals surface area contributed by atoms with Gasteiger partial charge in [0.15, 0.2) is 0 Å². The topological polar surface area (TPSA) is 79.0 Å². The number of benzene rings is 2. The number of hydrogen-bond acceptors (Lipinski definition) is 5. The summed E-state index contributed by atoms with van der Waals surface area (Å²) in [5.41, 5.74) is 0.888. The maximum atomic E-state index is 13.0. The van der Waals surface area contributed by atoms with Crippen LogP contribution in [0.15, 0.2) is 53.4 Å². The van der Waals surface area contributed by atoms with E-state index in [4.69, 9.17) is 4.74 Å². The smallest absolute Gasteiger partial charge is 0.243 e. The van der Waals surface area contributed by atoms with Crippen molar-refractivity contribution in [2.45, 2.75) is 11.4 Å². The molecule has 0 atom stereocenters. The van der Waals surface area contributed by atoms with Crippen LogP contribution in [0, 0.1) is 5.82 Å². The van der Waals surface area contributed by atoms with Crippen LogP contribution in [0.4, 0.5) is 4.39 Å². The first-order valence-electron chi connectivity index (χ1n) is 9.27. The highest BCUT2D eigenvalue weighted by molar-refractivity contribution is 7.89. The number of nitrogens with zero attached hydrogens (tertiary/aromatic N) is 2. The number of piperazine rings is 1. The van der Waals surface area contributed by atoms with E-state index in [0.29, 0.717) is 25.4 Å². The second kappa shape index (κ2) is 9.34. The van der Waals surface area contributed by atoms with E-state index in [0.717, 1.165) is 17.7 Å². The SMILES string of the molecule is COc1ccccc1CNC(=O)CN1CCN(S(=O)(=O)c2ccc(F)cc2)CC1. The standard InChI is InChI=1S/C20H24FN3O4S/c1-28-19-5-3-2-4-16(19)14-22-20(25)15-23-10-12-24(13-11-23)29(26,27)18-8-6-17(21)7-9-18/h2-9H,10-15H2,1H3,(H,22,25).